The molecule has 0 radical (unpaired) electrons. The Labute approximate surface area is 90.7 Å². The highest BCUT2D eigenvalue weighted by Crippen LogP contribution is 2.37. The minimum atomic E-state index is -0.997. The fourth-order valence-electron chi connectivity index (χ4n) is 2.11. The molecule has 1 atom stereocenters. The number of carbonyl (C=O) groups is 1. The van der Waals surface area contributed by atoms with Gasteiger partial charge in [0.05, 0.1) is 0 Å². The van der Waals surface area contributed by atoms with Gasteiger partial charge in [0.1, 0.15) is 0 Å². The normalized spacial score (nSPS) is 18.6. The zero-order chi connectivity index (χ0) is 11.5. The third-order valence-corrected chi connectivity index (χ3v) is 2.87. The average molecular weight is 215 g/mol. The summed E-state index contributed by atoms with van der Waals surface area (Å²) < 4.78 is 0. The molecule has 1 saturated carbocycles. The van der Waals surface area contributed by atoms with Crippen molar-refractivity contribution in [2.45, 2.75) is 45.1 Å². The summed E-state index contributed by atoms with van der Waals surface area (Å²) in [5.74, 6) is 0.988. The van der Waals surface area contributed by atoms with Crippen LogP contribution in [0, 0.1) is 11.8 Å². The molecule has 88 valence electrons. The molecule has 0 saturated heterocycles. The maximum Gasteiger partial charge on any atom is 0.405 e. The molecule has 0 aromatic rings. The first kappa shape index (κ1) is 12.3. The van der Waals surface area contributed by atoms with Crippen LogP contribution >= 0.6 is 0 Å². The molecule has 4 heteroatoms. The molecule has 4 nitrogen and oxygen atoms in total. The van der Waals surface area contributed by atoms with E-state index in [9.17, 15) is 9.90 Å². The van der Waals surface area contributed by atoms with E-state index in [1.54, 1.807) is 0 Å². The van der Waals surface area contributed by atoms with Gasteiger partial charge in [0.25, 0.3) is 0 Å². The van der Waals surface area contributed by atoms with Gasteiger partial charge in [-0.1, -0.05) is 12.8 Å². The molecule has 0 aromatic heterocycles. The zero-order valence-electron chi connectivity index (χ0n) is 9.49. The van der Waals surface area contributed by atoms with E-state index >= 15 is 0 Å². The van der Waals surface area contributed by atoms with Crippen molar-refractivity contribution in [3.63, 3.8) is 0 Å². The molecule has 0 aromatic carbocycles. The molecule has 0 aliphatic heterocycles. The summed E-state index contributed by atoms with van der Waals surface area (Å²) in [5, 5.41) is 20.4. The van der Waals surface area contributed by atoms with Gasteiger partial charge in [0, 0.05) is 12.1 Å². The molecule has 15 heavy (non-hydrogen) atoms. The molecule has 1 fully saturated rings. The van der Waals surface area contributed by atoms with E-state index in [2.05, 4.69) is 5.32 Å². The second kappa shape index (κ2) is 4.84. The van der Waals surface area contributed by atoms with Crippen LogP contribution in [0.1, 0.15) is 39.5 Å². The van der Waals surface area contributed by atoms with Gasteiger partial charge >= 0.3 is 6.09 Å². The van der Waals surface area contributed by atoms with Gasteiger partial charge < -0.3 is 15.5 Å². The molecule has 3 N–H and O–H groups in total. The van der Waals surface area contributed by atoms with E-state index < -0.39 is 11.6 Å². The number of amides is 1. The number of hydrogen-bond acceptors (Lipinski definition) is 2. The van der Waals surface area contributed by atoms with E-state index in [1.165, 1.54) is 12.8 Å². The van der Waals surface area contributed by atoms with E-state index in [4.69, 9.17) is 5.11 Å². The van der Waals surface area contributed by atoms with Crippen molar-refractivity contribution < 1.29 is 15.0 Å². The Balaban J connectivity index is 2.36. The zero-order valence-corrected chi connectivity index (χ0v) is 9.49. The molecule has 1 rings (SSSR count). The molecule has 1 aliphatic rings. The first-order chi connectivity index (χ1) is 6.93. The van der Waals surface area contributed by atoms with Gasteiger partial charge in [-0.2, -0.15) is 0 Å². The Kier molecular flexibility index (Phi) is 3.97. The third kappa shape index (κ3) is 5.02. The van der Waals surface area contributed by atoms with Crippen LogP contribution in [0.2, 0.25) is 0 Å². The first-order valence-electron chi connectivity index (χ1n) is 5.55. The van der Waals surface area contributed by atoms with Crippen LogP contribution in [-0.2, 0) is 0 Å². The van der Waals surface area contributed by atoms with Crippen LogP contribution in [-0.4, -0.2) is 28.5 Å². The third-order valence-electron chi connectivity index (χ3n) is 2.87. The minimum absolute atomic E-state index is 0.154. The molecule has 1 aliphatic carbocycles. The predicted molar refractivity (Wildman–Crippen MR) is 57.8 cm³/mol. The van der Waals surface area contributed by atoms with Crippen molar-refractivity contribution >= 4 is 6.09 Å². The summed E-state index contributed by atoms with van der Waals surface area (Å²) in [7, 11) is 0. The second-order valence-electron chi connectivity index (χ2n) is 5.25. The van der Waals surface area contributed by atoms with E-state index in [0.717, 1.165) is 12.3 Å². The number of hydrogen-bond donors (Lipinski definition) is 3. The van der Waals surface area contributed by atoms with Crippen LogP contribution < -0.4 is 5.32 Å². The standard InChI is InChI=1S/C11H21NO3/c1-11(2,12-10(14)15)6-9(7-13)5-8-3-4-8/h8-9,12-13H,3-7H2,1-2H3,(H,14,15)/t9-/m1/s1. The summed E-state index contributed by atoms with van der Waals surface area (Å²) in [5.41, 5.74) is -0.450. The van der Waals surface area contributed by atoms with Gasteiger partial charge in [-0.05, 0) is 38.5 Å². The molecule has 0 bridgehead atoms. The summed E-state index contributed by atoms with van der Waals surface area (Å²) in [6.45, 7) is 3.87. The Bertz CT molecular complexity index is 224. The average Bonchev–Trinajstić information content (AvgIpc) is 2.83. The largest absolute Gasteiger partial charge is 0.465 e. The van der Waals surface area contributed by atoms with Gasteiger partial charge in [0.15, 0.2) is 0 Å². The van der Waals surface area contributed by atoms with Gasteiger partial charge in [-0.25, -0.2) is 4.79 Å². The Hall–Kier alpha value is -0.770. The summed E-state index contributed by atoms with van der Waals surface area (Å²) in [4.78, 5) is 10.5. The topological polar surface area (TPSA) is 69.6 Å². The minimum Gasteiger partial charge on any atom is -0.465 e. The Morgan fingerprint density at radius 2 is 2.13 bits per heavy atom. The number of rotatable bonds is 6. The second-order valence-corrected chi connectivity index (χ2v) is 5.25. The van der Waals surface area contributed by atoms with Gasteiger partial charge in [-0.3, -0.25) is 0 Å². The fraction of sp³-hybridized carbons (Fsp3) is 0.909. The van der Waals surface area contributed by atoms with Crippen LogP contribution in [0.5, 0.6) is 0 Å². The van der Waals surface area contributed by atoms with Crippen molar-refractivity contribution in [3.8, 4) is 0 Å². The monoisotopic (exact) mass is 215 g/mol. The van der Waals surface area contributed by atoms with Crippen molar-refractivity contribution in [1.29, 1.82) is 0 Å². The van der Waals surface area contributed by atoms with E-state index in [1.807, 2.05) is 13.8 Å². The molecule has 0 unspecified atom stereocenters. The Morgan fingerprint density at radius 1 is 1.53 bits per heavy atom. The molecule has 1 amide bonds. The number of carboxylic acid groups (broad SMARTS) is 1. The lowest BCUT2D eigenvalue weighted by atomic mass is 9.88. The SMILES string of the molecule is CC(C)(C[C@H](CO)CC1CC1)NC(=O)O. The summed E-state index contributed by atoms with van der Waals surface area (Å²) >= 11 is 0. The molecule has 0 heterocycles. The number of aliphatic hydroxyl groups is 1. The van der Waals surface area contributed by atoms with E-state index in [-0.39, 0.29) is 12.5 Å². The lowest BCUT2D eigenvalue weighted by Gasteiger charge is -2.28. The van der Waals surface area contributed by atoms with Crippen LogP contribution in [0.4, 0.5) is 4.79 Å². The smallest absolute Gasteiger partial charge is 0.405 e. The lowest BCUT2D eigenvalue weighted by Crippen LogP contribution is -2.44. The maximum atomic E-state index is 10.5. The van der Waals surface area contributed by atoms with Crippen molar-refractivity contribution in [2.75, 3.05) is 6.61 Å². The highest BCUT2D eigenvalue weighted by Gasteiger charge is 2.30. The Morgan fingerprint density at radius 3 is 2.53 bits per heavy atom. The van der Waals surface area contributed by atoms with Gasteiger partial charge in [-0.15, -0.1) is 0 Å². The fourth-order valence-corrected chi connectivity index (χ4v) is 2.11. The molecule has 0 spiro atoms. The summed E-state index contributed by atoms with van der Waals surface area (Å²) in [6, 6.07) is 0. The van der Waals surface area contributed by atoms with E-state index in [0.29, 0.717) is 6.42 Å². The van der Waals surface area contributed by atoms with Gasteiger partial charge in [0.2, 0.25) is 0 Å². The summed E-state index contributed by atoms with van der Waals surface area (Å²) in [6.07, 6.45) is 3.27. The van der Waals surface area contributed by atoms with Crippen LogP contribution in [0.3, 0.4) is 0 Å². The highest BCUT2D eigenvalue weighted by molar-refractivity contribution is 5.65. The van der Waals surface area contributed by atoms with Crippen LogP contribution in [0.25, 0.3) is 0 Å². The molecular formula is C11H21NO3. The van der Waals surface area contributed by atoms with Crippen LogP contribution in [0.15, 0.2) is 0 Å². The predicted octanol–water partition coefficient (Wildman–Crippen LogP) is 1.83. The molecular weight excluding hydrogens is 194 g/mol. The number of nitrogens with one attached hydrogen (secondary N) is 1. The van der Waals surface area contributed by atoms with Crippen molar-refractivity contribution in [3.05, 3.63) is 0 Å². The highest BCUT2D eigenvalue weighted by atomic mass is 16.4. The lowest BCUT2D eigenvalue weighted by molar-refractivity contribution is 0.155. The number of aliphatic hydroxyl groups excluding tert-OH is 1. The quantitative estimate of drug-likeness (QED) is 0.633. The first-order valence-corrected chi connectivity index (χ1v) is 5.55. The van der Waals surface area contributed by atoms with Crippen molar-refractivity contribution in [2.24, 2.45) is 11.8 Å². The maximum absolute atomic E-state index is 10.5. The van der Waals surface area contributed by atoms with Crippen molar-refractivity contribution in [1.82, 2.24) is 5.32 Å².